The van der Waals surface area contributed by atoms with Gasteiger partial charge in [0.25, 0.3) is 5.91 Å². The molecule has 1 heterocycles. The van der Waals surface area contributed by atoms with Gasteiger partial charge in [0.2, 0.25) is 0 Å². The maximum atomic E-state index is 11.8. The van der Waals surface area contributed by atoms with Gasteiger partial charge in [-0.15, -0.1) is 0 Å². The van der Waals surface area contributed by atoms with Gasteiger partial charge in [-0.3, -0.25) is 9.59 Å². The van der Waals surface area contributed by atoms with Gasteiger partial charge < -0.3 is 10.4 Å². The van der Waals surface area contributed by atoms with E-state index in [0.717, 1.165) is 0 Å². The molecule has 1 aromatic heterocycles. The molecule has 0 aliphatic heterocycles. The molecule has 0 unspecified atom stereocenters. The van der Waals surface area contributed by atoms with Crippen molar-refractivity contribution >= 4 is 11.9 Å². The van der Waals surface area contributed by atoms with Gasteiger partial charge in [0, 0.05) is 6.04 Å². The third-order valence-corrected chi connectivity index (χ3v) is 2.96. The van der Waals surface area contributed by atoms with Crippen LogP contribution in [0.15, 0.2) is 18.5 Å². The summed E-state index contributed by atoms with van der Waals surface area (Å²) in [5, 5.41) is 18.9. The van der Waals surface area contributed by atoms with Gasteiger partial charge in [-0.05, 0) is 25.3 Å². The molecular formula is C11H13N3O3. The van der Waals surface area contributed by atoms with Gasteiger partial charge in [0.1, 0.15) is 0 Å². The normalized spacial score (nSPS) is 23.3. The number of aromatic nitrogens is 2. The maximum absolute atomic E-state index is 11.8. The molecule has 0 aromatic carbocycles. The van der Waals surface area contributed by atoms with E-state index in [4.69, 9.17) is 5.11 Å². The van der Waals surface area contributed by atoms with E-state index in [1.54, 1.807) is 6.07 Å². The van der Waals surface area contributed by atoms with E-state index in [9.17, 15) is 9.59 Å². The van der Waals surface area contributed by atoms with Crippen LogP contribution >= 0.6 is 0 Å². The van der Waals surface area contributed by atoms with E-state index in [0.29, 0.717) is 24.8 Å². The number of rotatable bonds is 3. The van der Waals surface area contributed by atoms with Crippen LogP contribution in [0.4, 0.5) is 0 Å². The van der Waals surface area contributed by atoms with Crippen molar-refractivity contribution in [3.63, 3.8) is 0 Å². The fourth-order valence-corrected chi connectivity index (χ4v) is 2.03. The predicted molar refractivity (Wildman–Crippen MR) is 58.3 cm³/mol. The summed E-state index contributed by atoms with van der Waals surface area (Å²) in [4.78, 5) is 22.5. The third-order valence-electron chi connectivity index (χ3n) is 2.96. The monoisotopic (exact) mass is 235 g/mol. The van der Waals surface area contributed by atoms with E-state index >= 15 is 0 Å². The number of hydrogen-bond donors (Lipinski definition) is 2. The average Bonchev–Trinajstić information content (AvgIpc) is 2.79. The fraction of sp³-hybridized carbons (Fsp3) is 0.455. The highest BCUT2D eigenvalue weighted by molar-refractivity contribution is 5.94. The van der Waals surface area contributed by atoms with Crippen molar-refractivity contribution in [1.29, 1.82) is 0 Å². The lowest BCUT2D eigenvalue weighted by atomic mass is 10.1. The number of nitrogens with one attached hydrogen (secondary N) is 1. The molecule has 1 amide bonds. The number of aliphatic carboxylic acids is 1. The Kier molecular flexibility index (Phi) is 3.32. The van der Waals surface area contributed by atoms with Crippen LogP contribution in [0.3, 0.4) is 0 Å². The van der Waals surface area contributed by atoms with E-state index in [-0.39, 0.29) is 17.9 Å². The molecule has 1 aliphatic carbocycles. The highest BCUT2D eigenvalue weighted by Gasteiger charge is 2.30. The van der Waals surface area contributed by atoms with Crippen molar-refractivity contribution in [2.45, 2.75) is 25.3 Å². The summed E-state index contributed by atoms with van der Waals surface area (Å²) in [6.07, 6.45) is 4.66. The minimum absolute atomic E-state index is 0.0586. The second-order valence-corrected chi connectivity index (χ2v) is 4.15. The van der Waals surface area contributed by atoms with Crippen molar-refractivity contribution < 1.29 is 14.7 Å². The maximum Gasteiger partial charge on any atom is 0.306 e. The van der Waals surface area contributed by atoms with E-state index < -0.39 is 5.97 Å². The van der Waals surface area contributed by atoms with Gasteiger partial charge in [-0.1, -0.05) is 0 Å². The predicted octanol–water partition coefficient (Wildman–Crippen LogP) is 0.460. The van der Waals surface area contributed by atoms with Crippen LogP contribution in [0.25, 0.3) is 0 Å². The molecule has 90 valence electrons. The van der Waals surface area contributed by atoms with Gasteiger partial charge in [0.05, 0.1) is 23.9 Å². The Bertz CT molecular complexity index is 421. The highest BCUT2D eigenvalue weighted by atomic mass is 16.4. The van der Waals surface area contributed by atoms with E-state index in [1.807, 2.05) is 0 Å². The second-order valence-electron chi connectivity index (χ2n) is 4.15. The number of hydrogen-bond acceptors (Lipinski definition) is 4. The number of carboxylic acids is 1. The molecule has 0 radical (unpaired) electrons. The van der Waals surface area contributed by atoms with E-state index in [2.05, 4.69) is 15.5 Å². The molecule has 0 bridgehead atoms. The standard InChI is InChI=1S/C11H13N3O3/c15-10(8-3-4-12-13-6-8)14-9-2-1-7(5-9)11(16)17/h3-4,6-7,9H,1-2,5H2,(H,14,15)(H,16,17)/t7-,9+/m1/s1. The van der Waals surface area contributed by atoms with Crippen LogP contribution in [-0.2, 0) is 4.79 Å². The van der Waals surface area contributed by atoms with Crippen molar-refractivity contribution in [2.75, 3.05) is 0 Å². The zero-order chi connectivity index (χ0) is 12.3. The topological polar surface area (TPSA) is 92.2 Å². The van der Waals surface area contributed by atoms with Crippen LogP contribution in [-0.4, -0.2) is 33.2 Å². The lowest BCUT2D eigenvalue weighted by Gasteiger charge is -2.11. The summed E-state index contributed by atoms with van der Waals surface area (Å²) in [7, 11) is 0. The number of carbonyl (C=O) groups is 2. The first-order chi connectivity index (χ1) is 8.16. The van der Waals surface area contributed by atoms with Crippen molar-refractivity contribution in [3.05, 3.63) is 24.0 Å². The minimum Gasteiger partial charge on any atom is -0.481 e. The Hall–Kier alpha value is -1.98. The third kappa shape index (κ3) is 2.77. The quantitative estimate of drug-likeness (QED) is 0.794. The van der Waals surface area contributed by atoms with Crippen LogP contribution in [0.2, 0.25) is 0 Å². The van der Waals surface area contributed by atoms with Gasteiger partial charge >= 0.3 is 5.97 Å². The van der Waals surface area contributed by atoms with Crippen LogP contribution in [0, 0.1) is 5.92 Å². The zero-order valence-electron chi connectivity index (χ0n) is 9.17. The van der Waals surface area contributed by atoms with Crippen LogP contribution in [0.1, 0.15) is 29.6 Å². The molecule has 1 aliphatic rings. The summed E-state index contributed by atoms with van der Waals surface area (Å²) in [5.74, 6) is -1.35. The number of amides is 1. The Balaban J connectivity index is 1.91. The van der Waals surface area contributed by atoms with Crippen molar-refractivity contribution in [2.24, 2.45) is 5.92 Å². The largest absolute Gasteiger partial charge is 0.481 e. The molecular weight excluding hydrogens is 222 g/mol. The molecule has 2 N–H and O–H groups in total. The summed E-state index contributed by atoms with van der Waals surface area (Å²) in [6.45, 7) is 0. The van der Waals surface area contributed by atoms with Crippen molar-refractivity contribution in [3.8, 4) is 0 Å². The SMILES string of the molecule is O=C(N[C@H]1CC[C@@H](C(=O)O)C1)c1ccnnc1. The first-order valence-corrected chi connectivity index (χ1v) is 5.47. The molecule has 0 spiro atoms. The smallest absolute Gasteiger partial charge is 0.306 e. The van der Waals surface area contributed by atoms with E-state index in [1.165, 1.54) is 12.4 Å². The Morgan fingerprint density at radius 2 is 2.18 bits per heavy atom. The second kappa shape index (κ2) is 4.90. The first-order valence-electron chi connectivity index (χ1n) is 5.47. The van der Waals surface area contributed by atoms with Gasteiger partial charge in [-0.2, -0.15) is 10.2 Å². The van der Waals surface area contributed by atoms with Gasteiger partial charge in [-0.25, -0.2) is 0 Å². The fourth-order valence-electron chi connectivity index (χ4n) is 2.03. The average molecular weight is 235 g/mol. The Morgan fingerprint density at radius 3 is 2.76 bits per heavy atom. The summed E-state index contributed by atoms with van der Waals surface area (Å²) in [6, 6.07) is 1.52. The molecule has 0 saturated heterocycles. The minimum atomic E-state index is -0.785. The molecule has 17 heavy (non-hydrogen) atoms. The lowest BCUT2D eigenvalue weighted by Crippen LogP contribution is -2.33. The number of nitrogens with zero attached hydrogens (tertiary/aromatic N) is 2. The van der Waals surface area contributed by atoms with Crippen LogP contribution in [0.5, 0.6) is 0 Å². The molecule has 1 aromatic rings. The molecule has 1 saturated carbocycles. The number of carboxylic acid groups (broad SMARTS) is 1. The van der Waals surface area contributed by atoms with Gasteiger partial charge in [0.15, 0.2) is 0 Å². The molecule has 6 nitrogen and oxygen atoms in total. The highest BCUT2D eigenvalue weighted by Crippen LogP contribution is 2.25. The Labute approximate surface area is 98.1 Å². The molecule has 2 atom stereocenters. The molecule has 6 heteroatoms. The summed E-state index contributed by atoms with van der Waals surface area (Å²) in [5.41, 5.74) is 0.443. The summed E-state index contributed by atoms with van der Waals surface area (Å²) < 4.78 is 0. The molecule has 2 rings (SSSR count). The van der Waals surface area contributed by atoms with Crippen molar-refractivity contribution in [1.82, 2.24) is 15.5 Å². The summed E-state index contributed by atoms with van der Waals surface area (Å²) >= 11 is 0. The zero-order valence-corrected chi connectivity index (χ0v) is 9.17. The molecule has 1 fully saturated rings. The first kappa shape index (κ1) is 11.5. The number of carbonyl (C=O) groups excluding carboxylic acids is 1. The van der Waals surface area contributed by atoms with Crippen LogP contribution < -0.4 is 5.32 Å². The Morgan fingerprint density at radius 1 is 1.35 bits per heavy atom. The lowest BCUT2D eigenvalue weighted by molar-refractivity contribution is -0.141.